The summed E-state index contributed by atoms with van der Waals surface area (Å²) in [6.07, 6.45) is 21.3. The lowest BCUT2D eigenvalue weighted by atomic mass is 10.0. The number of hydrogen-bond donors (Lipinski definition) is 0. The molecule has 0 unspecified atom stereocenters. The van der Waals surface area contributed by atoms with Gasteiger partial charge in [-0.2, -0.15) is 0 Å². The fourth-order valence-corrected chi connectivity index (χ4v) is 18.1. The lowest BCUT2D eigenvalue weighted by Crippen LogP contribution is -2.27. The smallest absolute Gasteiger partial charge is 0.261 e. The molecule has 15 aromatic rings. The van der Waals surface area contributed by atoms with Crippen molar-refractivity contribution in [2.24, 2.45) is 0 Å². The van der Waals surface area contributed by atoms with Crippen LogP contribution in [0.1, 0.15) is 229 Å². The van der Waals surface area contributed by atoms with E-state index in [1.165, 1.54) is 36.4 Å². The van der Waals surface area contributed by atoms with Crippen molar-refractivity contribution < 1.29 is 28.4 Å². The van der Waals surface area contributed by atoms with Gasteiger partial charge in [0, 0.05) is 33.4 Å². The van der Waals surface area contributed by atoms with Crippen LogP contribution in [0.25, 0.3) is 97.0 Å². The van der Waals surface area contributed by atoms with Crippen LogP contribution in [0.2, 0.25) is 0 Å². The molecule has 126 heavy (non-hydrogen) atoms. The van der Waals surface area contributed by atoms with E-state index in [-0.39, 0.29) is 104 Å². The highest BCUT2D eigenvalue weighted by Gasteiger charge is 2.29. The predicted molar refractivity (Wildman–Crippen MR) is 499 cm³/mol. The Balaban J connectivity index is 0.876. The van der Waals surface area contributed by atoms with Crippen molar-refractivity contribution in [3.05, 3.63) is 267 Å². The first-order valence-electron chi connectivity index (χ1n) is 45.5. The third kappa shape index (κ3) is 17.1. The minimum atomic E-state index is -0.714. The van der Waals surface area contributed by atoms with Crippen LogP contribution in [0, 0.1) is 0 Å². The Morgan fingerprint density at radius 1 is 0.175 bits per heavy atom. The Labute approximate surface area is 724 Å². The Morgan fingerprint density at radius 3 is 0.429 bits per heavy atom. The van der Waals surface area contributed by atoms with Gasteiger partial charge in [0.15, 0.2) is 0 Å². The van der Waals surface area contributed by atoms with Gasteiger partial charge in [-0.1, -0.05) is 157 Å². The summed E-state index contributed by atoms with van der Waals surface area (Å²) >= 11 is 0. The van der Waals surface area contributed by atoms with Gasteiger partial charge in [-0.3, -0.25) is 84.9 Å². The molecule has 0 radical (unpaired) electrons. The lowest BCUT2D eigenvalue weighted by Gasteiger charge is -2.17. The molecular formula is C102H108N6O18. The fraction of sp³-hybridized carbons (Fsp3) is 0.412. The van der Waals surface area contributed by atoms with E-state index < -0.39 is 66.7 Å². The van der Waals surface area contributed by atoms with Crippen molar-refractivity contribution >= 4 is 97.0 Å². The zero-order valence-corrected chi connectivity index (χ0v) is 72.9. The van der Waals surface area contributed by atoms with Crippen LogP contribution in [0.5, 0.6) is 34.5 Å². The van der Waals surface area contributed by atoms with Gasteiger partial charge in [0.1, 0.15) is 34.5 Å². The van der Waals surface area contributed by atoms with Crippen molar-refractivity contribution in [1.29, 1.82) is 0 Å². The Hall–Kier alpha value is -12.6. The van der Waals surface area contributed by atoms with E-state index in [0.717, 1.165) is 143 Å². The third-order valence-corrected chi connectivity index (χ3v) is 25.3. The van der Waals surface area contributed by atoms with Crippen LogP contribution in [-0.2, 0) is 39.3 Å². The first-order chi connectivity index (χ1) is 61.2. The van der Waals surface area contributed by atoms with Crippen LogP contribution < -0.4 is 95.1 Å². The molecule has 9 aromatic carbocycles. The Bertz CT molecular complexity index is 6070. The van der Waals surface area contributed by atoms with E-state index >= 15 is 57.5 Å². The molecule has 0 spiro atoms. The average Bonchev–Trinajstić information content (AvgIpc) is 1.61. The molecule has 27 bridgehead atoms. The summed E-state index contributed by atoms with van der Waals surface area (Å²) in [5.41, 5.74) is -5.94. The molecule has 0 N–H and O–H groups in total. The summed E-state index contributed by atoms with van der Waals surface area (Å²) < 4.78 is 45.9. The zero-order valence-electron chi connectivity index (χ0n) is 72.9. The molecule has 19 rings (SSSR count). The van der Waals surface area contributed by atoms with Crippen molar-refractivity contribution in [2.45, 2.75) is 235 Å². The highest BCUT2D eigenvalue weighted by molar-refractivity contribution is 6.01. The molecule has 4 aliphatic rings. The maximum absolute atomic E-state index is 15.0. The largest absolute Gasteiger partial charge is 0.493 e. The number of unbranched alkanes of at least 4 members (excludes halogenated alkanes) is 18. The standard InChI is InChI=1S/C102H108N6O18/c1-7-13-19-25-31-121-85-43-64-44-86(122-32-26-20-14-8-2)68-38-61(64)37-67(85)55-103-91(109)73-49-75-76(50-74(73)92(103)110)94(112)105(93(75)111)57-69-39-62-40-70(88(124-34-28-22-16-10-4)46-65(62)45-87(69)123-33-27-21-15-9-3)59-107-99(117)81-53-83-84(54-82(81)100(107)118)102(120)108(101(83)119)60-72-42-63-41-71(89(125-35-29-23-17-11-5)47-66(63)48-90(72)126-36-30-24-18-12-6)58-106-97(115)79-51-77-78(52-80(79)98(106)116)96(114)104(56-68)95(77)113/h37-54H,7-36,55-60H2,1-6H3. The van der Waals surface area contributed by atoms with Gasteiger partial charge >= 0.3 is 0 Å². The van der Waals surface area contributed by atoms with E-state index in [4.69, 9.17) is 28.4 Å². The topological polar surface area (TPSA) is 290 Å². The Kier molecular flexibility index (Phi) is 26.3. The quantitative estimate of drug-likeness (QED) is 0.0330. The van der Waals surface area contributed by atoms with Gasteiger partial charge in [0.2, 0.25) is 0 Å². The second-order valence-electron chi connectivity index (χ2n) is 34.3. The summed E-state index contributed by atoms with van der Waals surface area (Å²) in [5.74, 6) is 2.30. The maximum atomic E-state index is 15.0. The number of rotatable bonds is 36. The van der Waals surface area contributed by atoms with Crippen molar-refractivity contribution in [1.82, 2.24) is 27.4 Å². The average molecular weight is 1710 g/mol. The van der Waals surface area contributed by atoms with Crippen LogP contribution in [0.15, 0.2) is 167 Å². The van der Waals surface area contributed by atoms with E-state index in [1.54, 1.807) is 36.4 Å². The molecule has 24 heteroatoms. The SMILES string of the molecule is CCCCCCOc1cc2cc(OCCCCCC)c3cc2cc1Cn1c(=O)c2cc4c(=O)n(c(=O)c4cc2c1=O)Cc1cc2cc(c(OCCCCCC)cc2cc1OCCCCCC)Cn1c(=O)c2cc4c(=O)n(c(=O)c4cc2c1=O)Cc1cc2cc(c(OCCCCCC)cc2cc1OCCCCCC)Cn1c(=O)c2cc4c(=O)n(c(=O)c4cc2c1=O)C3. The molecule has 0 fully saturated rings. The monoisotopic (exact) mass is 1700 g/mol. The predicted octanol–water partition coefficient (Wildman–Crippen LogP) is 16.2. The molecule has 0 saturated carbocycles. The number of hydrogen-bond acceptors (Lipinski definition) is 18. The van der Waals surface area contributed by atoms with E-state index in [1.807, 2.05) is 36.4 Å². The number of aromatic nitrogens is 6. The van der Waals surface area contributed by atoms with Crippen molar-refractivity contribution in [3.8, 4) is 34.5 Å². The fourth-order valence-electron chi connectivity index (χ4n) is 18.1. The van der Waals surface area contributed by atoms with Crippen molar-refractivity contribution in [3.63, 3.8) is 0 Å². The molecule has 24 nitrogen and oxygen atoms in total. The molecule has 0 amide bonds. The van der Waals surface area contributed by atoms with E-state index in [0.29, 0.717) is 178 Å². The number of nitrogens with zero attached hydrogens (tertiary/aromatic N) is 6. The normalized spacial score (nSPS) is 12.7. The second kappa shape index (κ2) is 38.1. The highest BCUT2D eigenvalue weighted by Crippen LogP contribution is 2.38. The molecule has 0 atom stereocenters. The third-order valence-electron chi connectivity index (χ3n) is 25.3. The number of benzene rings is 9. The van der Waals surface area contributed by atoms with Crippen LogP contribution in [0.4, 0.5) is 0 Å². The van der Waals surface area contributed by atoms with Crippen LogP contribution >= 0.6 is 0 Å². The maximum Gasteiger partial charge on any atom is 0.261 e. The zero-order chi connectivity index (χ0) is 88.1. The second-order valence-corrected chi connectivity index (χ2v) is 34.3. The summed E-state index contributed by atoms with van der Waals surface area (Å²) in [6, 6.07) is 29.6. The van der Waals surface area contributed by atoms with E-state index in [2.05, 4.69) is 41.5 Å². The minimum Gasteiger partial charge on any atom is -0.493 e. The summed E-state index contributed by atoms with van der Waals surface area (Å²) in [4.78, 5) is 180. The summed E-state index contributed by atoms with van der Waals surface area (Å²) in [5, 5.41) is 2.71. The minimum absolute atomic E-state index is 0.0809. The van der Waals surface area contributed by atoms with Gasteiger partial charge in [-0.05, 0) is 180 Å². The van der Waals surface area contributed by atoms with Crippen LogP contribution in [-0.4, -0.2) is 67.0 Å². The van der Waals surface area contributed by atoms with Crippen LogP contribution in [0.3, 0.4) is 0 Å². The lowest BCUT2D eigenvalue weighted by molar-refractivity contribution is 0.300. The first-order valence-corrected chi connectivity index (χ1v) is 45.5. The summed E-state index contributed by atoms with van der Waals surface area (Å²) in [7, 11) is 0. The molecule has 4 aliphatic heterocycles. The van der Waals surface area contributed by atoms with Gasteiger partial charge < -0.3 is 28.4 Å². The molecule has 654 valence electrons. The molecular weight excluding hydrogens is 1600 g/mol. The van der Waals surface area contributed by atoms with Gasteiger partial charge in [0.25, 0.3) is 66.7 Å². The van der Waals surface area contributed by atoms with Crippen molar-refractivity contribution in [2.75, 3.05) is 39.6 Å². The molecule has 0 aliphatic carbocycles. The number of ether oxygens (including phenoxy) is 6. The molecule has 10 heterocycles. The Morgan fingerprint density at radius 2 is 0.302 bits per heavy atom. The molecule has 0 saturated heterocycles. The van der Waals surface area contributed by atoms with Gasteiger partial charge in [0.05, 0.1) is 144 Å². The van der Waals surface area contributed by atoms with Gasteiger partial charge in [-0.25, -0.2) is 0 Å². The van der Waals surface area contributed by atoms with Gasteiger partial charge in [-0.15, -0.1) is 0 Å². The first kappa shape index (κ1) is 86.9. The van der Waals surface area contributed by atoms with E-state index in [9.17, 15) is 0 Å². The molecule has 6 aromatic heterocycles. The highest BCUT2D eigenvalue weighted by atomic mass is 16.5. The summed E-state index contributed by atoms with van der Waals surface area (Å²) in [6.45, 7) is 12.7.